The van der Waals surface area contributed by atoms with Crippen molar-refractivity contribution in [3.8, 4) is 0 Å². The molecule has 1 aromatic rings. The summed E-state index contributed by atoms with van der Waals surface area (Å²) in [7, 11) is 1.29. The highest BCUT2D eigenvalue weighted by Gasteiger charge is 1.89. The molecule has 0 fully saturated rings. The Balaban J connectivity index is 2.50. The molecule has 0 saturated carbocycles. The van der Waals surface area contributed by atoms with Gasteiger partial charge in [0, 0.05) is 0 Å². The van der Waals surface area contributed by atoms with Gasteiger partial charge in [-0.05, 0) is 5.56 Å². The SMILES string of the molecule is COC(=O)C=NN=Cc1ccccc1. The number of hydrogen-bond acceptors (Lipinski definition) is 4. The number of carbonyl (C=O) groups excluding carboxylic acids is 1. The molecule has 0 spiro atoms. The molecule has 72 valence electrons. The number of ether oxygens (including phenoxy) is 1. The Kier molecular flexibility index (Phi) is 4.07. The molecule has 1 aromatic carbocycles. The van der Waals surface area contributed by atoms with Gasteiger partial charge >= 0.3 is 5.97 Å². The van der Waals surface area contributed by atoms with Crippen LogP contribution >= 0.6 is 0 Å². The van der Waals surface area contributed by atoms with E-state index in [0.717, 1.165) is 11.8 Å². The molecule has 4 nitrogen and oxygen atoms in total. The Morgan fingerprint density at radius 1 is 1.29 bits per heavy atom. The Bertz CT molecular complexity index is 344. The molecule has 0 atom stereocenters. The van der Waals surface area contributed by atoms with Crippen LogP contribution in [0.5, 0.6) is 0 Å². The highest BCUT2D eigenvalue weighted by molar-refractivity contribution is 6.23. The van der Waals surface area contributed by atoms with E-state index in [0.29, 0.717) is 0 Å². The van der Waals surface area contributed by atoms with Crippen molar-refractivity contribution in [3.05, 3.63) is 35.9 Å². The van der Waals surface area contributed by atoms with Crippen molar-refractivity contribution < 1.29 is 9.53 Å². The third-order valence-electron chi connectivity index (χ3n) is 1.44. The third kappa shape index (κ3) is 3.62. The Hall–Kier alpha value is -1.97. The molecule has 0 N–H and O–H groups in total. The lowest BCUT2D eigenvalue weighted by Crippen LogP contribution is -1.99. The summed E-state index contributed by atoms with van der Waals surface area (Å²) in [5.74, 6) is -0.518. The molecular weight excluding hydrogens is 180 g/mol. The van der Waals surface area contributed by atoms with Gasteiger partial charge in [-0.3, -0.25) is 0 Å². The normalized spacial score (nSPS) is 10.9. The van der Waals surface area contributed by atoms with Crippen LogP contribution in [0.4, 0.5) is 0 Å². The lowest BCUT2D eigenvalue weighted by molar-refractivity contribution is -0.132. The predicted molar refractivity (Wildman–Crippen MR) is 54.5 cm³/mol. The molecule has 4 heteroatoms. The number of nitrogens with zero attached hydrogens (tertiary/aromatic N) is 2. The monoisotopic (exact) mass is 190 g/mol. The van der Waals surface area contributed by atoms with Gasteiger partial charge in [0.05, 0.1) is 13.3 Å². The van der Waals surface area contributed by atoms with E-state index in [1.54, 1.807) is 6.21 Å². The molecule has 0 saturated heterocycles. The summed E-state index contributed by atoms with van der Waals surface area (Å²) in [6, 6.07) is 9.47. The number of hydrogen-bond donors (Lipinski definition) is 0. The van der Waals surface area contributed by atoms with E-state index in [9.17, 15) is 4.79 Å². The van der Waals surface area contributed by atoms with Crippen LogP contribution in [0, 0.1) is 0 Å². The van der Waals surface area contributed by atoms with E-state index >= 15 is 0 Å². The van der Waals surface area contributed by atoms with Gasteiger partial charge < -0.3 is 4.74 Å². The fourth-order valence-electron chi connectivity index (χ4n) is 0.772. The molecule has 0 aliphatic carbocycles. The summed E-state index contributed by atoms with van der Waals surface area (Å²) >= 11 is 0. The zero-order valence-corrected chi connectivity index (χ0v) is 7.75. The van der Waals surface area contributed by atoms with Gasteiger partial charge in [-0.15, -0.1) is 0 Å². The Morgan fingerprint density at radius 2 is 2.00 bits per heavy atom. The van der Waals surface area contributed by atoms with Gasteiger partial charge in [-0.25, -0.2) is 4.79 Å². The first kappa shape index (κ1) is 10.1. The maximum atomic E-state index is 10.6. The molecule has 0 aliphatic heterocycles. The van der Waals surface area contributed by atoms with Crippen molar-refractivity contribution >= 4 is 18.4 Å². The van der Waals surface area contributed by atoms with Crippen LogP contribution in [0.1, 0.15) is 5.56 Å². The van der Waals surface area contributed by atoms with E-state index in [1.807, 2.05) is 30.3 Å². The van der Waals surface area contributed by atoms with E-state index in [1.165, 1.54) is 7.11 Å². The average Bonchev–Trinajstić information content (AvgIpc) is 2.25. The van der Waals surface area contributed by atoms with Crippen LogP contribution in [0.2, 0.25) is 0 Å². The van der Waals surface area contributed by atoms with E-state index in [4.69, 9.17) is 0 Å². The van der Waals surface area contributed by atoms with Gasteiger partial charge in [0.15, 0.2) is 0 Å². The fourth-order valence-corrected chi connectivity index (χ4v) is 0.772. The van der Waals surface area contributed by atoms with E-state index in [2.05, 4.69) is 14.9 Å². The molecule has 14 heavy (non-hydrogen) atoms. The van der Waals surface area contributed by atoms with Crippen molar-refractivity contribution in [3.63, 3.8) is 0 Å². The molecule has 0 radical (unpaired) electrons. The second kappa shape index (κ2) is 5.64. The maximum absolute atomic E-state index is 10.6. The average molecular weight is 190 g/mol. The van der Waals surface area contributed by atoms with Gasteiger partial charge in [0.25, 0.3) is 0 Å². The van der Waals surface area contributed by atoms with E-state index in [-0.39, 0.29) is 0 Å². The first-order chi connectivity index (χ1) is 6.83. The number of rotatable bonds is 3. The summed E-state index contributed by atoms with van der Waals surface area (Å²) in [5, 5.41) is 7.18. The van der Waals surface area contributed by atoms with Crippen LogP contribution in [-0.4, -0.2) is 25.5 Å². The van der Waals surface area contributed by atoms with Gasteiger partial charge in [0.1, 0.15) is 6.21 Å². The number of methoxy groups -OCH3 is 1. The quantitative estimate of drug-likeness (QED) is 0.409. The Morgan fingerprint density at radius 3 is 2.64 bits per heavy atom. The second-order valence-corrected chi connectivity index (χ2v) is 2.42. The zero-order valence-electron chi connectivity index (χ0n) is 7.75. The van der Waals surface area contributed by atoms with Gasteiger partial charge in [-0.2, -0.15) is 10.2 Å². The molecular formula is C10H10N2O2. The second-order valence-electron chi connectivity index (χ2n) is 2.42. The third-order valence-corrected chi connectivity index (χ3v) is 1.44. The molecule has 0 unspecified atom stereocenters. The van der Waals surface area contributed by atoms with Crippen LogP contribution in [-0.2, 0) is 9.53 Å². The first-order valence-corrected chi connectivity index (χ1v) is 4.02. The number of benzene rings is 1. The molecule has 0 aliphatic rings. The molecule has 0 aromatic heterocycles. The molecule has 0 heterocycles. The minimum Gasteiger partial charge on any atom is -0.465 e. The van der Waals surface area contributed by atoms with Crippen molar-refractivity contribution in [1.82, 2.24) is 0 Å². The topological polar surface area (TPSA) is 51.0 Å². The molecule has 0 bridgehead atoms. The van der Waals surface area contributed by atoms with Crippen LogP contribution in [0.25, 0.3) is 0 Å². The smallest absolute Gasteiger partial charge is 0.351 e. The minimum atomic E-state index is -0.518. The summed E-state index contributed by atoms with van der Waals surface area (Å²) < 4.78 is 4.34. The minimum absolute atomic E-state index is 0.518. The first-order valence-electron chi connectivity index (χ1n) is 4.02. The van der Waals surface area contributed by atoms with Crippen LogP contribution < -0.4 is 0 Å². The lowest BCUT2D eigenvalue weighted by Gasteiger charge is -1.88. The fraction of sp³-hybridized carbons (Fsp3) is 0.100. The van der Waals surface area contributed by atoms with Gasteiger partial charge in [0.2, 0.25) is 0 Å². The summed E-state index contributed by atoms with van der Waals surface area (Å²) in [6.45, 7) is 0. The van der Waals surface area contributed by atoms with Crippen molar-refractivity contribution in [2.45, 2.75) is 0 Å². The van der Waals surface area contributed by atoms with E-state index < -0.39 is 5.97 Å². The summed E-state index contributed by atoms with van der Waals surface area (Å²) in [6.07, 6.45) is 2.57. The van der Waals surface area contributed by atoms with Crippen molar-refractivity contribution in [2.75, 3.05) is 7.11 Å². The van der Waals surface area contributed by atoms with Crippen LogP contribution in [0.3, 0.4) is 0 Å². The number of esters is 1. The number of carbonyl (C=O) groups is 1. The van der Waals surface area contributed by atoms with Gasteiger partial charge in [-0.1, -0.05) is 30.3 Å². The van der Waals surface area contributed by atoms with Crippen molar-refractivity contribution in [1.29, 1.82) is 0 Å². The zero-order chi connectivity index (χ0) is 10.2. The van der Waals surface area contributed by atoms with Crippen LogP contribution in [0.15, 0.2) is 40.5 Å². The largest absolute Gasteiger partial charge is 0.465 e. The summed E-state index contributed by atoms with van der Waals surface area (Å²) in [5.41, 5.74) is 0.925. The Labute approximate surface area is 81.9 Å². The molecule has 0 amide bonds. The summed E-state index contributed by atoms with van der Waals surface area (Å²) in [4.78, 5) is 10.6. The highest BCUT2D eigenvalue weighted by Crippen LogP contribution is 1.93. The predicted octanol–water partition coefficient (Wildman–Crippen LogP) is 1.26. The standard InChI is InChI=1S/C10H10N2O2/c1-14-10(13)8-12-11-7-9-5-3-2-4-6-9/h2-8H,1H3. The molecule has 1 rings (SSSR count). The lowest BCUT2D eigenvalue weighted by atomic mass is 10.2. The highest BCUT2D eigenvalue weighted by atomic mass is 16.5. The van der Waals surface area contributed by atoms with Crippen molar-refractivity contribution in [2.24, 2.45) is 10.2 Å². The maximum Gasteiger partial charge on any atom is 0.351 e.